The molecular weight excluding hydrogens is 164 g/mol. The zero-order valence-corrected chi connectivity index (χ0v) is 7.96. The summed E-state index contributed by atoms with van der Waals surface area (Å²) in [6.45, 7) is 0.503. The molecule has 13 heavy (non-hydrogen) atoms. The van der Waals surface area contributed by atoms with Gasteiger partial charge in [0.05, 0.1) is 5.92 Å². The summed E-state index contributed by atoms with van der Waals surface area (Å²) in [5, 5.41) is 3.10. The Hall–Kier alpha value is -0.570. The Morgan fingerprint density at radius 2 is 2.08 bits per heavy atom. The summed E-state index contributed by atoms with van der Waals surface area (Å²) in [5.74, 6) is 1.03. The lowest BCUT2D eigenvalue weighted by Gasteiger charge is -2.38. The summed E-state index contributed by atoms with van der Waals surface area (Å²) in [6, 6.07) is 0.462. The molecule has 1 saturated carbocycles. The van der Waals surface area contributed by atoms with E-state index in [1.165, 1.54) is 19.3 Å². The Balaban J connectivity index is 1.87. The molecule has 0 aromatic carbocycles. The van der Waals surface area contributed by atoms with Gasteiger partial charge in [-0.25, -0.2) is 0 Å². The molecule has 2 rings (SSSR count). The molecule has 1 aliphatic heterocycles. The lowest BCUT2D eigenvalue weighted by Crippen LogP contribution is -2.50. The lowest BCUT2D eigenvalue weighted by atomic mass is 9.75. The fraction of sp³-hybridized carbons (Fsp3) is 0.900. The third-order valence-corrected chi connectivity index (χ3v) is 3.53. The van der Waals surface area contributed by atoms with Crippen LogP contribution >= 0.6 is 0 Å². The van der Waals surface area contributed by atoms with E-state index in [0.29, 0.717) is 12.6 Å². The van der Waals surface area contributed by atoms with Gasteiger partial charge in [0.15, 0.2) is 0 Å². The van der Waals surface area contributed by atoms with Gasteiger partial charge in [-0.3, -0.25) is 4.79 Å². The number of hydrogen-bond acceptors (Lipinski definition) is 2. The molecule has 2 atom stereocenters. The van der Waals surface area contributed by atoms with Crippen LogP contribution in [0.4, 0.5) is 0 Å². The van der Waals surface area contributed by atoms with Crippen LogP contribution < -0.4 is 11.1 Å². The summed E-state index contributed by atoms with van der Waals surface area (Å²) in [7, 11) is 0. The molecule has 3 N–H and O–H groups in total. The zero-order chi connectivity index (χ0) is 9.26. The predicted octanol–water partition coefficient (Wildman–Crippen LogP) is 0.640. The quantitative estimate of drug-likeness (QED) is 0.658. The molecule has 1 saturated heterocycles. The first-order valence-corrected chi connectivity index (χ1v) is 5.31. The van der Waals surface area contributed by atoms with E-state index in [9.17, 15) is 4.79 Å². The van der Waals surface area contributed by atoms with Gasteiger partial charge in [-0.1, -0.05) is 6.42 Å². The van der Waals surface area contributed by atoms with Crippen molar-refractivity contribution in [2.75, 3.05) is 6.54 Å². The van der Waals surface area contributed by atoms with Gasteiger partial charge in [-0.05, 0) is 31.6 Å². The van der Waals surface area contributed by atoms with Crippen LogP contribution in [0.25, 0.3) is 0 Å². The molecule has 2 aliphatic rings. The first-order chi connectivity index (χ1) is 6.31. The molecule has 3 heteroatoms. The predicted molar refractivity (Wildman–Crippen MR) is 51.1 cm³/mol. The van der Waals surface area contributed by atoms with Crippen molar-refractivity contribution in [2.24, 2.45) is 17.6 Å². The summed E-state index contributed by atoms with van der Waals surface area (Å²) in [6.07, 6.45) is 6.08. The van der Waals surface area contributed by atoms with Gasteiger partial charge in [0.1, 0.15) is 0 Å². The first kappa shape index (κ1) is 9.00. The molecule has 0 radical (unpaired) electrons. The summed E-state index contributed by atoms with van der Waals surface area (Å²) < 4.78 is 0. The van der Waals surface area contributed by atoms with Crippen molar-refractivity contribution in [1.29, 1.82) is 0 Å². The molecule has 1 aliphatic carbocycles. The minimum absolute atomic E-state index is 0.0799. The van der Waals surface area contributed by atoms with Gasteiger partial charge in [-0.2, -0.15) is 0 Å². The van der Waals surface area contributed by atoms with Crippen LogP contribution in [0.3, 0.4) is 0 Å². The molecule has 0 spiro atoms. The smallest absolute Gasteiger partial charge is 0.224 e. The van der Waals surface area contributed by atoms with E-state index in [2.05, 4.69) is 5.32 Å². The van der Waals surface area contributed by atoms with Crippen LogP contribution in [0.2, 0.25) is 0 Å². The molecule has 0 aromatic rings. The Bertz CT molecular complexity index is 201. The molecule has 1 amide bonds. The SMILES string of the molecule is NCC1CCC(C2CCC2)NC1=O. The van der Waals surface area contributed by atoms with Crippen molar-refractivity contribution in [2.45, 2.75) is 38.1 Å². The lowest BCUT2D eigenvalue weighted by molar-refractivity contribution is -0.128. The molecule has 2 unspecified atom stereocenters. The first-order valence-electron chi connectivity index (χ1n) is 5.31. The summed E-state index contributed by atoms with van der Waals surface area (Å²) in [5.41, 5.74) is 5.50. The second-order valence-corrected chi connectivity index (χ2v) is 4.32. The number of piperidine rings is 1. The Kier molecular flexibility index (Phi) is 2.54. The minimum atomic E-state index is 0.0799. The fourth-order valence-corrected chi connectivity index (χ4v) is 2.31. The highest BCUT2D eigenvalue weighted by Crippen LogP contribution is 2.33. The van der Waals surface area contributed by atoms with Crippen molar-refractivity contribution in [3.8, 4) is 0 Å². The Morgan fingerprint density at radius 1 is 1.31 bits per heavy atom. The van der Waals surface area contributed by atoms with Crippen molar-refractivity contribution in [3.05, 3.63) is 0 Å². The van der Waals surface area contributed by atoms with Gasteiger partial charge < -0.3 is 11.1 Å². The van der Waals surface area contributed by atoms with Gasteiger partial charge in [-0.15, -0.1) is 0 Å². The van der Waals surface area contributed by atoms with Crippen LogP contribution in [-0.2, 0) is 4.79 Å². The number of nitrogens with two attached hydrogens (primary N) is 1. The van der Waals surface area contributed by atoms with E-state index < -0.39 is 0 Å². The van der Waals surface area contributed by atoms with Crippen LogP contribution in [0.1, 0.15) is 32.1 Å². The molecule has 3 nitrogen and oxygen atoms in total. The van der Waals surface area contributed by atoms with Gasteiger partial charge >= 0.3 is 0 Å². The number of rotatable bonds is 2. The van der Waals surface area contributed by atoms with E-state index in [1.807, 2.05) is 0 Å². The normalized spacial score (nSPS) is 35.3. The highest BCUT2D eigenvalue weighted by atomic mass is 16.2. The fourth-order valence-electron chi connectivity index (χ4n) is 2.31. The zero-order valence-electron chi connectivity index (χ0n) is 7.96. The largest absolute Gasteiger partial charge is 0.353 e. The average molecular weight is 182 g/mol. The molecular formula is C10H18N2O. The molecule has 0 bridgehead atoms. The molecule has 0 aromatic heterocycles. The van der Waals surface area contributed by atoms with Crippen molar-refractivity contribution >= 4 is 5.91 Å². The van der Waals surface area contributed by atoms with Crippen molar-refractivity contribution < 1.29 is 4.79 Å². The van der Waals surface area contributed by atoms with Crippen LogP contribution in [0.15, 0.2) is 0 Å². The topological polar surface area (TPSA) is 55.1 Å². The number of carbonyl (C=O) groups excluding carboxylic acids is 1. The van der Waals surface area contributed by atoms with E-state index >= 15 is 0 Å². The second-order valence-electron chi connectivity index (χ2n) is 4.32. The number of nitrogens with one attached hydrogen (secondary N) is 1. The average Bonchev–Trinajstić information content (AvgIpc) is 2.01. The second kappa shape index (κ2) is 3.66. The van der Waals surface area contributed by atoms with E-state index in [0.717, 1.165) is 18.8 Å². The van der Waals surface area contributed by atoms with E-state index in [-0.39, 0.29) is 11.8 Å². The Morgan fingerprint density at radius 3 is 2.54 bits per heavy atom. The van der Waals surface area contributed by atoms with E-state index in [1.54, 1.807) is 0 Å². The molecule has 1 heterocycles. The highest BCUT2D eigenvalue weighted by Gasteiger charge is 2.33. The van der Waals surface area contributed by atoms with Crippen molar-refractivity contribution in [1.82, 2.24) is 5.32 Å². The minimum Gasteiger partial charge on any atom is -0.353 e. The maximum absolute atomic E-state index is 11.5. The van der Waals surface area contributed by atoms with Gasteiger partial charge in [0.2, 0.25) is 5.91 Å². The van der Waals surface area contributed by atoms with Gasteiger partial charge in [0, 0.05) is 12.6 Å². The van der Waals surface area contributed by atoms with E-state index in [4.69, 9.17) is 5.73 Å². The third kappa shape index (κ3) is 1.70. The third-order valence-electron chi connectivity index (χ3n) is 3.53. The van der Waals surface area contributed by atoms with Gasteiger partial charge in [0.25, 0.3) is 0 Å². The summed E-state index contributed by atoms with van der Waals surface area (Å²) in [4.78, 5) is 11.5. The van der Waals surface area contributed by atoms with Crippen LogP contribution in [-0.4, -0.2) is 18.5 Å². The molecule has 2 fully saturated rings. The highest BCUT2D eigenvalue weighted by molar-refractivity contribution is 5.80. The number of amides is 1. The number of carbonyl (C=O) groups is 1. The maximum Gasteiger partial charge on any atom is 0.224 e. The monoisotopic (exact) mass is 182 g/mol. The van der Waals surface area contributed by atoms with Crippen molar-refractivity contribution in [3.63, 3.8) is 0 Å². The van der Waals surface area contributed by atoms with Crippen LogP contribution in [0, 0.1) is 11.8 Å². The maximum atomic E-state index is 11.5. The summed E-state index contributed by atoms with van der Waals surface area (Å²) >= 11 is 0. The number of hydrogen-bond donors (Lipinski definition) is 2. The van der Waals surface area contributed by atoms with Crippen LogP contribution in [0.5, 0.6) is 0 Å². The molecule has 74 valence electrons. The Labute approximate surface area is 79.1 Å². The standard InChI is InChI=1S/C10H18N2O/c11-6-8-4-5-9(12-10(8)13)7-2-1-3-7/h7-9H,1-6,11H2,(H,12,13).